The van der Waals surface area contributed by atoms with Crippen LogP contribution in [0.2, 0.25) is 0 Å². The first-order valence-corrected chi connectivity index (χ1v) is 10.1. The summed E-state index contributed by atoms with van der Waals surface area (Å²) in [6.07, 6.45) is 2.15. The highest BCUT2D eigenvalue weighted by molar-refractivity contribution is 6.01. The van der Waals surface area contributed by atoms with E-state index in [0.29, 0.717) is 36.6 Å². The average molecular weight is 422 g/mol. The topological polar surface area (TPSA) is 97.7 Å². The summed E-state index contributed by atoms with van der Waals surface area (Å²) in [4.78, 5) is 23.9. The summed E-state index contributed by atoms with van der Waals surface area (Å²) in [6.45, 7) is 4.37. The summed E-state index contributed by atoms with van der Waals surface area (Å²) < 4.78 is 15.9. The smallest absolute Gasteiger partial charge is 0.344 e. The van der Waals surface area contributed by atoms with Crippen molar-refractivity contribution >= 4 is 18.0 Å². The van der Waals surface area contributed by atoms with Crippen molar-refractivity contribution in [3.8, 4) is 17.6 Å². The van der Waals surface area contributed by atoms with Gasteiger partial charge in [-0.2, -0.15) is 5.26 Å². The van der Waals surface area contributed by atoms with E-state index < -0.39 is 11.9 Å². The fourth-order valence-electron chi connectivity index (χ4n) is 2.72. The molecule has 0 bridgehead atoms. The van der Waals surface area contributed by atoms with E-state index in [4.69, 9.17) is 14.2 Å². The van der Waals surface area contributed by atoms with Crippen molar-refractivity contribution in [2.75, 3.05) is 26.4 Å². The summed E-state index contributed by atoms with van der Waals surface area (Å²) in [6, 6.07) is 16.7. The van der Waals surface area contributed by atoms with Crippen LogP contribution in [0.1, 0.15) is 25.0 Å². The van der Waals surface area contributed by atoms with Crippen molar-refractivity contribution in [2.45, 2.75) is 20.3 Å². The van der Waals surface area contributed by atoms with Crippen LogP contribution in [0.3, 0.4) is 0 Å². The van der Waals surface area contributed by atoms with Crippen LogP contribution < -0.4 is 14.8 Å². The number of carbonyl (C=O) groups excluding carboxylic acids is 2. The summed E-state index contributed by atoms with van der Waals surface area (Å²) >= 11 is 0. The van der Waals surface area contributed by atoms with Crippen LogP contribution in [-0.4, -0.2) is 38.2 Å². The lowest BCUT2D eigenvalue weighted by molar-refractivity contribution is -0.145. The van der Waals surface area contributed by atoms with Gasteiger partial charge < -0.3 is 19.5 Å². The predicted molar refractivity (Wildman–Crippen MR) is 116 cm³/mol. The van der Waals surface area contributed by atoms with E-state index in [2.05, 4.69) is 5.32 Å². The van der Waals surface area contributed by atoms with Crippen molar-refractivity contribution in [1.29, 1.82) is 5.26 Å². The number of amides is 1. The molecule has 162 valence electrons. The second-order valence-corrected chi connectivity index (χ2v) is 6.39. The molecular formula is C24H26N2O5. The van der Waals surface area contributed by atoms with E-state index in [0.717, 1.165) is 5.56 Å². The second kappa shape index (κ2) is 12.7. The van der Waals surface area contributed by atoms with Gasteiger partial charge in [-0.25, -0.2) is 4.79 Å². The van der Waals surface area contributed by atoms with E-state index in [1.807, 2.05) is 43.3 Å². The van der Waals surface area contributed by atoms with Crippen molar-refractivity contribution in [2.24, 2.45) is 0 Å². The Kier molecular flexibility index (Phi) is 9.63. The molecule has 0 radical (unpaired) electrons. The number of nitrogens with zero attached hydrogens (tertiary/aromatic N) is 1. The minimum Gasteiger partial charge on any atom is -0.490 e. The minimum atomic E-state index is -0.479. The molecule has 0 heterocycles. The fourth-order valence-corrected chi connectivity index (χ4v) is 2.72. The number of hydrogen-bond donors (Lipinski definition) is 1. The van der Waals surface area contributed by atoms with E-state index in [1.165, 1.54) is 6.08 Å². The number of nitriles is 1. The van der Waals surface area contributed by atoms with Gasteiger partial charge in [-0.3, -0.25) is 4.79 Å². The minimum absolute atomic E-state index is 0.0179. The van der Waals surface area contributed by atoms with Crippen LogP contribution in [0, 0.1) is 11.3 Å². The molecule has 1 amide bonds. The maximum absolute atomic E-state index is 12.4. The Balaban J connectivity index is 2.06. The summed E-state index contributed by atoms with van der Waals surface area (Å²) in [5.74, 6) is -0.146. The van der Waals surface area contributed by atoms with Crippen LogP contribution in [0.15, 0.2) is 54.1 Å². The van der Waals surface area contributed by atoms with Crippen molar-refractivity contribution in [1.82, 2.24) is 5.32 Å². The predicted octanol–water partition coefficient (Wildman–Crippen LogP) is 3.29. The lowest BCUT2D eigenvalue weighted by atomic mass is 10.1. The summed E-state index contributed by atoms with van der Waals surface area (Å²) in [7, 11) is 0. The summed E-state index contributed by atoms with van der Waals surface area (Å²) in [5.41, 5.74) is 1.68. The quantitative estimate of drug-likeness (QED) is 0.339. The SMILES string of the molecule is CCOC(=O)COc1ccc(/C=C(\C#N)C(=O)NCCc2ccccc2)cc1OCC. The number of esters is 1. The van der Waals surface area contributed by atoms with Gasteiger partial charge in [-0.05, 0) is 49.6 Å². The normalized spacial score (nSPS) is 10.7. The molecule has 0 saturated carbocycles. The molecule has 7 nitrogen and oxygen atoms in total. The van der Waals surface area contributed by atoms with Gasteiger partial charge in [0.2, 0.25) is 0 Å². The Morgan fingerprint density at radius 3 is 2.48 bits per heavy atom. The molecule has 0 spiro atoms. The van der Waals surface area contributed by atoms with E-state index >= 15 is 0 Å². The van der Waals surface area contributed by atoms with Crippen LogP contribution in [0.5, 0.6) is 11.5 Å². The molecule has 0 aliphatic carbocycles. The molecule has 0 fully saturated rings. The number of rotatable bonds is 11. The number of benzene rings is 2. The monoisotopic (exact) mass is 422 g/mol. The van der Waals surface area contributed by atoms with Gasteiger partial charge in [0.05, 0.1) is 13.2 Å². The zero-order chi connectivity index (χ0) is 22.5. The first-order chi connectivity index (χ1) is 15.1. The third-order valence-electron chi connectivity index (χ3n) is 4.14. The third-order valence-corrected chi connectivity index (χ3v) is 4.14. The van der Waals surface area contributed by atoms with Crippen LogP contribution in [0.25, 0.3) is 6.08 Å². The fraction of sp³-hybridized carbons (Fsp3) is 0.292. The Hall–Kier alpha value is -3.79. The molecule has 7 heteroatoms. The lowest BCUT2D eigenvalue weighted by Gasteiger charge is -2.12. The molecule has 0 aliphatic heterocycles. The molecule has 0 saturated heterocycles. The van der Waals surface area contributed by atoms with E-state index in [9.17, 15) is 14.9 Å². The van der Waals surface area contributed by atoms with Crippen molar-refractivity contribution in [3.05, 3.63) is 65.2 Å². The molecule has 2 rings (SSSR count). The Morgan fingerprint density at radius 1 is 1.03 bits per heavy atom. The van der Waals surface area contributed by atoms with Crippen molar-refractivity contribution < 1.29 is 23.8 Å². The standard InChI is InChI=1S/C24H26N2O5/c1-3-29-22-15-19(10-11-21(22)31-17-23(27)30-4-2)14-20(16-25)24(28)26-13-12-18-8-6-5-7-9-18/h5-11,14-15H,3-4,12-13,17H2,1-2H3,(H,26,28)/b20-14+. The van der Waals surface area contributed by atoms with Gasteiger partial charge in [0.15, 0.2) is 18.1 Å². The molecule has 2 aromatic rings. The summed E-state index contributed by atoms with van der Waals surface area (Å²) in [5, 5.41) is 12.2. The highest BCUT2D eigenvalue weighted by atomic mass is 16.6. The first-order valence-electron chi connectivity index (χ1n) is 10.1. The number of nitrogens with one attached hydrogen (secondary N) is 1. The number of carbonyl (C=O) groups is 2. The van der Waals surface area contributed by atoms with Gasteiger partial charge in [-0.15, -0.1) is 0 Å². The molecule has 0 unspecified atom stereocenters. The number of ether oxygens (including phenoxy) is 3. The third kappa shape index (κ3) is 7.86. The Morgan fingerprint density at radius 2 is 1.81 bits per heavy atom. The highest BCUT2D eigenvalue weighted by Gasteiger charge is 2.12. The molecule has 0 aliphatic rings. The highest BCUT2D eigenvalue weighted by Crippen LogP contribution is 2.29. The van der Waals surface area contributed by atoms with E-state index in [-0.39, 0.29) is 18.8 Å². The zero-order valence-corrected chi connectivity index (χ0v) is 17.7. The van der Waals surface area contributed by atoms with Crippen LogP contribution in [-0.2, 0) is 20.7 Å². The molecule has 31 heavy (non-hydrogen) atoms. The lowest BCUT2D eigenvalue weighted by Crippen LogP contribution is -2.26. The van der Waals surface area contributed by atoms with Crippen LogP contribution >= 0.6 is 0 Å². The van der Waals surface area contributed by atoms with E-state index in [1.54, 1.807) is 25.1 Å². The maximum atomic E-state index is 12.4. The molecule has 1 N–H and O–H groups in total. The number of hydrogen-bond acceptors (Lipinski definition) is 6. The molecule has 0 atom stereocenters. The Labute approximate surface area is 182 Å². The van der Waals surface area contributed by atoms with Gasteiger partial charge in [0, 0.05) is 6.54 Å². The molecule has 0 aromatic heterocycles. The molecule has 2 aromatic carbocycles. The second-order valence-electron chi connectivity index (χ2n) is 6.39. The van der Waals surface area contributed by atoms with Gasteiger partial charge in [0.25, 0.3) is 5.91 Å². The zero-order valence-electron chi connectivity index (χ0n) is 17.7. The van der Waals surface area contributed by atoms with Gasteiger partial charge in [0.1, 0.15) is 11.6 Å². The van der Waals surface area contributed by atoms with Crippen molar-refractivity contribution in [3.63, 3.8) is 0 Å². The first kappa shape index (κ1) is 23.5. The average Bonchev–Trinajstić information content (AvgIpc) is 2.78. The van der Waals surface area contributed by atoms with Crippen LogP contribution in [0.4, 0.5) is 0 Å². The van der Waals surface area contributed by atoms with Gasteiger partial charge >= 0.3 is 5.97 Å². The molecular weight excluding hydrogens is 396 g/mol. The van der Waals surface area contributed by atoms with Gasteiger partial charge in [-0.1, -0.05) is 36.4 Å². The maximum Gasteiger partial charge on any atom is 0.344 e. The Bertz CT molecular complexity index is 948. The largest absolute Gasteiger partial charge is 0.490 e.